The van der Waals surface area contributed by atoms with Gasteiger partial charge in [-0.25, -0.2) is 0 Å². The van der Waals surface area contributed by atoms with Gasteiger partial charge in [-0.15, -0.1) is 0 Å². The van der Waals surface area contributed by atoms with E-state index in [1.54, 1.807) is 0 Å². The van der Waals surface area contributed by atoms with Gasteiger partial charge in [0, 0.05) is 24.1 Å². The molecule has 80 valence electrons. The van der Waals surface area contributed by atoms with Gasteiger partial charge in [-0.05, 0) is 34.6 Å². The summed E-state index contributed by atoms with van der Waals surface area (Å²) in [6.45, 7) is 4.51. The Labute approximate surface area is 99.2 Å². The van der Waals surface area contributed by atoms with Crippen molar-refractivity contribution < 1.29 is 0 Å². The molecule has 0 aliphatic heterocycles. The number of alkyl halides is 1. The van der Waals surface area contributed by atoms with Crippen molar-refractivity contribution in [3.63, 3.8) is 0 Å². The van der Waals surface area contributed by atoms with Crippen molar-refractivity contribution in [2.24, 2.45) is 7.05 Å². The molecule has 15 heavy (non-hydrogen) atoms. The van der Waals surface area contributed by atoms with Gasteiger partial charge in [0.05, 0.1) is 0 Å². The number of halogens is 1. The largest absolute Gasteiger partial charge is 0.351 e. The summed E-state index contributed by atoms with van der Waals surface area (Å²) >= 11 is 3.57. The standard InChI is InChI=1S/C13H16BrN/c1-13(2,9-14)11-4-5-12-10(8-11)6-7-15(12)3/h4-8H,9H2,1-3H3. The van der Waals surface area contributed by atoms with Gasteiger partial charge in [0.25, 0.3) is 0 Å². The van der Waals surface area contributed by atoms with Gasteiger partial charge in [0.15, 0.2) is 0 Å². The minimum atomic E-state index is 0.198. The van der Waals surface area contributed by atoms with Crippen LogP contribution >= 0.6 is 15.9 Å². The van der Waals surface area contributed by atoms with Gasteiger partial charge >= 0.3 is 0 Å². The third kappa shape index (κ3) is 1.83. The van der Waals surface area contributed by atoms with Crippen LogP contribution in [0.3, 0.4) is 0 Å². The molecule has 1 heterocycles. The lowest BCUT2D eigenvalue weighted by atomic mass is 9.86. The molecule has 2 rings (SSSR count). The van der Waals surface area contributed by atoms with Crippen LogP contribution in [-0.2, 0) is 12.5 Å². The van der Waals surface area contributed by atoms with Crippen LogP contribution in [0.1, 0.15) is 19.4 Å². The highest BCUT2D eigenvalue weighted by Gasteiger charge is 2.19. The van der Waals surface area contributed by atoms with E-state index in [0.29, 0.717) is 0 Å². The van der Waals surface area contributed by atoms with Gasteiger partial charge in [0.1, 0.15) is 0 Å². The third-order valence-electron chi connectivity index (χ3n) is 3.00. The lowest BCUT2D eigenvalue weighted by molar-refractivity contribution is 0.607. The highest BCUT2D eigenvalue weighted by Crippen LogP contribution is 2.28. The number of aryl methyl sites for hydroxylation is 1. The molecule has 0 spiro atoms. The molecule has 2 heteroatoms. The van der Waals surface area contributed by atoms with E-state index < -0.39 is 0 Å². The predicted molar refractivity (Wildman–Crippen MR) is 69.7 cm³/mol. The van der Waals surface area contributed by atoms with E-state index in [0.717, 1.165) is 5.33 Å². The van der Waals surface area contributed by atoms with Crippen LogP contribution in [0.5, 0.6) is 0 Å². The Morgan fingerprint density at radius 1 is 1.27 bits per heavy atom. The molecule has 1 aromatic carbocycles. The summed E-state index contributed by atoms with van der Waals surface area (Å²) in [5.41, 5.74) is 2.88. The lowest BCUT2D eigenvalue weighted by Gasteiger charge is -2.22. The zero-order valence-corrected chi connectivity index (χ0v) is 11.0. The maximum absolute atomic E-state index is 3.57. The number of aromatic nitrogens is 1. The zero-order chi connectivity index (χ0) is 11.1. The van der Waals surface area contributed by atoms with Crippen molar-refractivity contribution in [3.05, 3.63) is 36.0 Å². The highest BCUT2D eigenvalue weighted by molar-refractivity contribution is 9.09. The molecule has 1 aromatic heterocycles. The quantitative estimate of drug-likeness (QED) is 0.727. The van der Waals surface area contributed by atoms with Gasteiger partial charge in [-0.3, -0.25) is 0 Å². The second-order valence-electron chi connectivity index (χ2n) is 4.72. The van der Waals surface area contributed by atoms with Gasteiger partial charge < -0.3 is 4.57 Å². The van der Waals surface area contributed by atoms with Crippen molar-refractivity contribution >= 4 is 26.8 Å². The first-order valence-corrected chi connectivity index (χ1v) is 6.28. The molecule has 0 fully saturated rings. The fourth-order valence-corrected chi connectivity index (χ4v) is 2.10. The monoisotopic (exact) mass is 265 g/mol. The summed E-state index contributed by atoms with van der Waals surface area (Å²) in [7, 11) is 2.08. The topological polar surface area (TPSA) is 4.93 Å². The molecule has 0 saturated carbocycles. The minimum absolute atomic E-state index is 0.198. The molecule has 0 bridgehead atoms. The van der Waals surface area contributed by atoms with Crippen LogP contribution in [0.15, 0.2) is 30.5 Å². The van der Waals surface area contributed by atoms with Crippen LogP contribution in [0.2, 0.25) is 0 Å². The molecule has 0 N–H and O–H groups in total. The normalized spacial score (nSPS) is 12.3. The Hall–Kier alpha value is -0.760. The fraction of sp³-hybridized carbons (Fsp3) is 0.385. The van der Waals surface area contributed by atoms with Crippen molar-refractivity contribution in [2.75, 3.05) is 5.33 Å². The summed E-state index contributed by atoms with van der Waals surface area (Å²) in [6.07, 6.45) is 2.11. The fourth-order valence-electron chi connectivity index (χ4n) is 1.78. The second kappa shape index (κ2) is 3.67. The van der Waals surface area contributed by atoms with Gasteiger partial charge in [0.2, 0.25) is 0 Å². The van der Waals surface area contributed by atoms with E-state index in [4.69, 9.17) is 0 Å². The molecule has 2 aromatic rings. The Kier molecular flexibility index (Phi) is 2.63. The van der Waals surface area contributed by atoms with Crippen molar-refractivity contribution in [1.29, 1.82) is 0 Å². The summed E-state index contributed by atoms with van der Waals surface area (Å²) in [5.74, 6) is 0. The summed E-state index contributed by atoms with van der Waals surface area (Å²) in [6, 6.07) is 8.89. The Bertz CT molecular complexity index is 482. The molecule has 0 aliphatic carbocycles. The van der Waals surface area contributed by atoms with Crippen LogP contribution < -0.4 is 0 Å². The molecule has 0 saturated heterocycles. The number of hydrogen-bond donors (Lipinski definition) is 0. The van der Waals surface area contributed by atoms with E-state index in [2.05, 4.69) is 71.9 Å². The number of benzene rings is 1. The van der Waals surface area contributed by atoms with Crippen LogP contribution in [0.4, 0.5) is 0 Å². The molecule has 0 atom stereocenters. The zero-order valence-electron chi connectivity index (χ0n) is 9.42. The lowest BCUT2D eigenvalue weighted by Crippen LogP contribution is -2.18. The van der Waals surface area contributed by atoms with Crippen LogP contribution in [0, 0.1) is 0 Å². The SMILES string of the molecule is Cn1ccc2cc(C(C)(C)CBr)ccc21. The van der Waals surface area contributed by atoms with Crippen molar-refractivity contribution in [1.82, 2.24) is 4.57 Å². The Balaban J connectivity index is 2.57. The third-order valence-corrected chi connectivity index (χ3v) is 4.40. The van der Waals surface area contributed by atoms with E-state index in [9.17, 15) is 0 Å². The smallest absolute Gasteiger partial charge is 0.0477 e. The summed E-state index contributed by atoms with van der Waals surface area (Å²) in [4.78, 5) is 0. The molecule has 0 radical (unpaired) electrons. The summed E-state index contributed by atoms with van der Waals surface area (Å²) < 4.78 is 2.15. The minimum Gasteiger partial charge on any atom is -0.351 e. The summed E-state index contributed by atoms with van der Waals surface area (Å²) in [5, 5.41) is 2.31. The van der Waals surface area contributed by atoms with Crippen LogP contribution in [-0.4, -0.2) is 9.90 Å². The average Bonchev–Trinajstić information content (AvgIpc) is 2.60. The number of rotatable bonds is 2. The van der Waals surface area contributed by atoms with Crippen molar-refractivity contribution in [3.8, 4) is 0 Å². The average molecular weight is 266 g/mol. The number of nitrogens with zero attached hydrogens (tertiary/aromatic N) is 1. The van der Waals surface area contributed by atoms with E-state index in [-0.39, 0.29) is 5.41 Å². The Morgan fingerprint density at radius 2 is 2.00 bits per heavy atom. The molecule has 0 unspecified atom stereocenters. The van der Waals surface area contributed by atoms with Gasteiger partial charge in [-0.2, -0.15) is 0 Å². The molecule has 0 amide bonds. The van der Waals surface area contributed by atoms with Gasteiger partial charge in [-0.1, -0.05) is 35.8 Å². The van der Waals surface area contributed by atoms with Crippen molar-refractivity contribution in [2.45, 2.75) is 19.3 Å². The predicted octanol–water partition coefficient (Wildman–Crippen LogP) is 3.85. The molecular weight excluding hydrogens is 250 g/mol. The maximum atomic E-state index is 3.57. The second-order valence-corrected chi connectivity index (χ2v) is 5.28. The van der Waals surface area contributed by atoms with E-state index in [1.807, 2.05) is 0 Å². The van der Waals surface area contributed by atoms with E-state index >= 15 is 0 Å². The first-order valence-electron chi connectivity index (χ1n) is 5.16. The molecule has 0 aliphatic rings. The molecular formula is C13H16BrN. The highest BCUT2D eigenvalue weighted by atomic mass is 79.9. The maximum Gasteiger partial charge on any atom is 0.0477 e. The van der Waals surface area contributed by atoms with Crippen LogP contribution in [0.25, 0.3) is 10.9 Å². The first-order chi connectivity index (χ1) is 7.04. The molecule has 1 nitrogen and oxygen atoms in total. The van der Waals surface area contributed by atoms with E-state index in [1.165, 1.54) is 16.5 Å². The number of hydrogen-bond acceptors (Lipinski definition) is 0. The Morgan fingerprint density at radius 3 is 2.67 bits per heavy atom. The first kappa shape index (κ1) is 10.7. The number of fused-ring (bicyclic) bond motifs is 1.